The summed E-state index contributed by atoms with van der Waals surface area (Å²) in [6, 6.07) is 5.42. The second-order valence-electron chi connectivity index (χ2n) is 6.14. The van der Waals surface area contributed by atoms with Crippen molar-refractivity contribution < 1.29 is 14.2 Å². The summed E-state index contributed by atoms with van der Waals surface area (Å²) in [5.74, 6) is 1.23. The number of rotatable bonds is 6. The Bertz CT molecular complexity index is 647. The summed E-state index contributed by atoms with van der Waals surface area (Å²) >= 11 is 7.04. The van der Waals surface area contributed by atoms with Crippen LogP contribution in [0.1, 0.15) is 32.8 Å². The minimum Gasteiger partial charge on any atom is -0.622 e. The molecule has 1 aromatic carbocycles. The van der Waals surface area contributed by atoms with Gasteiger partial charge in [-0.15, -0.1) is 0 Å². The van der Waals surface area contributed by atoms with E-state index in [9.17, 15) is 5.21 Å². The largest absolute Gasteiger partial charge is 0.622 e. The molecular formula is C17H24N2O3S2. The van der Waals surface area contributed by atoms with E-state index in [1.165, 1.54) is 0 Å². The van der Waals surface area contributed by atoms with Crippen LogP contribution in [0.25, 0.3) is 0 Å². The second kappa shape index (κ2) is 7.61. The van der Waals surface area contributed by atoms with Crippen LogP contribution in [0.5, 0.6) is 11.5 Å². The summed E-state index contributed by atoms with van der Waals surface area (Å²) in [6.45, 7) is 6.97. The predicted molar refractivity (Wildman–Crippen MR) is 103 cm³/mol. The fraction of sp³-hybridized carbons (Fsp3) is 0.529. The molecule has 5 nitrogen and oxygen atoms in total. The van der Waals surface area contributed by atoms with Crippen molar-refractivity contribution in [1.29, 1.82) is 0 Å². The Labute approximate surface area is 153 Å². The number of ether oxygens (including phenoxy) is 2. The van der Waals surface area contributed by atoms with Gasteiger partial charge in [-0.2, -0.15) is 4.74 Å². The predicted octanol–water partition coefficient (Wildman–Crippen LogP) is 3.48. The molecule has 0 radical (unpaired) electrons. The van der Waals surface area contributed by atoms with Crippen molar-refractivity contribution in [2.45, 2.75) is 38.1 Å². The lowest BCUT2D eigenvalue weighted by molar-refractivity contribution is -0.523. The van der Waals surface area contributed by atoms with Crippen molar-refractivity contribution in [1.82, 2.24) is 4.90 Å². The molecule has 1 aliphatic heterocycles. The van der Waals surface area contributed by atoms with Crippen molar-refractivity contribution in [3.8, 4) is 11.5 Å². The first-order valence-corrected chi connectivity index (χ1v) is 9.08. The first kappa shape index (κ1) is 18.9. The number of thiocarbonyl (C=S) groups is 1. The van der Waals surface area contributed by atoms with Crippen LogP contribution < -0.4 is 9.47 Å². The Balaban J connectivity index is 2.36. The minimum atomic E-state index is -0.331. The molecule has 1 aliphatic rings. The normalized spacial score (nSPS) is 20.4. The lowest BCUT2D eigenvalue weighted by Gasteiger charge is -2.29. The van der Waals surface area contributed by atoms with Crippen molar-refractivity contribution in [2.24, 2.45) is 0 Å². The van der Waals surface area contributed by atoms with Gasteiger partial charge in [-0.1, -0.05) is 30.9 Å². The maximum absolute atomic E-state index is 12.9. The number of thioether (sulfide) groups is 1. The summed E-state index contributed by atoms with van der Waals surface area (Å²) in [5, 5.41) is 12.9. The Hall–Kier alpha value is -1.47. The zero-order valence-corrected chi connectivity index (χ0v) is 16.4. The van der Waals surface area contributed by atoms with Crippen LogP contribution in [0.4, 0.5) is 0 Å². The minimum absolute atomic E-state index is 0.277. The molecule has 0 aromatic heterocycles. The zero-order chi connectivity index (χ0) is 17.9. The number of benzene rings is 1. The molecule has 1 unspecified atom stereocenters. The molecule has 0 aliphatic carbocycles. The quantitative estimate of drug-likeness (QED) is 0.252. The van der Waals surface area contributed by atoms with Gasteiger partial charge in [0.05, 0.1) is 14.2 Å². The Morgan fingerprint density at radius 3 is 2.58 bits per heavy atom. The fourth-order valence-corrected chi connectivity index (χ4v) is 4.79. The summed E-state index contributed by atoms with van der Waals surface area (Å²) in [7, 11) is 3.16. The van der Waals surface area contributed by atoms with Gasteiger partial charge in [0.15, 0.2) is 17.7 Å². The van der Waals surface area contributed by atoms with E-state index in [1.807, 2.05) is 11.0 Å². The summed E-state index contributed by atoms with van der Waals surface area (Å²) in [4.78, 5) is 2.02. The van der Waals surface area contributed by atoms with E-state index in [1.54, 1.807) is 44.3 Å². The molecule has 2 rings (SSSR count). The van der Waals surface area contributed by atoms with E-state index in [2.05, 4.69) is 20.8 Å². The van der Waals surface area contributed by atoms with E-state index in [0.29, 0.717) is 11.5 Å². The number of hydrogen-bond donors (Lipinski definition) is 0. The highest BCUT2D eigenvalue weighted by Gasteiger charge is 2.49. The maximum Gasteiger partial charge on any atom is 0.254 e. The van der Waals surface area contributed by atoms with Gasteiger partial charge in [0, 0.05) is 12.1 Å². The van der Waals surface area contributed by atoms with Crippen LogP contribution in [0.3, 0.4) is 0 Å². The summed E-state index contributed by atoms with van der Waals surface area (Å²) in [5.41, 5.74) is 0.762. The molecule has 132 valence electrons. The molecule has 1 aromatic rings. The van der Waals surface area contributed by atoms with Gasteiger partial charge >= 0.3 is 0 Å². The highest BCUT2D eigenvalue weighted by molar-refractivity contribution is 8.24. The lowest BCUT2D eigenvalue weighted by Crippen LogP contribution is -2.48. The standard InChI is InChI=1S/C17H24N2O3S2/c1-6-9-18-15(17(2,3)24-16(18)23)19(20)11-12-7-8-13(21-4)14(10-12)22-5/h7-8,10-11,15H,6,9H2,1-5H3. The van der Waals surface area contributed by atoms with Crippen LogP contribution in [-0.2, 0) is 0 Å². The van der Waals surface area contributed by atoms with Gasteiger partial charge in [0.25, 0.3) is 6.17 Å². The van der Waals surface area contributed by atoms with Gasteiger partial charge in [0.2, 0.25) is 0 Å². The fourth-order valence-electron chi connectivity index (χ4n) is 2.86. The molecule has 24 heavy (non-hydrogen) atoms. The Morgan fingerprint density at radius 2 is 2.00 bits per heavy atom. The number of nitrogens with zero attached hydrogens (tertiary/aromatic N) is 2. The highest BCUT2D eigenvalue weighted by Crippen LogP contribution is 2.41. The average Bonchev–Trinajstić information content (AvgIpc) is 2.76. The first-order valence-electron chi connectivity index (χ1n) is 7.86. The van der Waals surface area contributed by atoms with E-state index in [-0.39, 0.29) is 10.9 Å². The van der Waals surface area contributed by atoms with Crippen molar-refractivity contribution in [3.05, 3.63) is 29.0 Å². The third kappa shape index (κ3) is 3.78. The van der Waals surface area contributed by atoms with E-state index in [4.69, 9.17) is 21.7 Å². The van der Waals surface area contributed by atoms with Gasteiger partial charge in [-0.25, -0.2) is 0 Å². The molecule has 7 heteroatoms. The summed E-state index contributed by atoms with van der Waals surface area (Å²) in [6.07, 6.45) is 2.20. The van der Waals surface area contributed by atoms with Gasteiger partial charge < -0.3 is 14.7 Å². The summed E-state index contributed by atoms with van der Waals surface area (Å²) < 4.78 is 12.0. The van der Waals surface area contributed by atoms with E-state index < -0.39 is 0 Å². The third-order valence-electron chi connectivity index (χ3n) is 3.89. The maximum atomic E-state index is 12.9. The zero-order valence-electron chi connectivity index (χ0n) is 14.7. The van der Waals surface area contributed by atoms with Crippen molar-refractivity contribution in [2.75, 3.05) is 20.8 Å². The number of hydrogen-bond acceptors (Lipinski definition) is 5. The number of methoxy groups -OCH3 is 2. The van der Waals surface area contributed by atoms with Crippen molar-refractivity contribution in [3.63, 3.8) is 0 Å². The van der Waals surface area contributed by atoms with Crippen LogP contribution in [0.15, 0.2) is 18.2 Å². The average molecular weight is 369 g/mol. The molecule has 1 fully saturated rings. The second-order valence-corrected chi connectivity index (χ2v) is 8.43. The molecule has 0 amide bonds. The van der Waals surface area contributed by atoms with Gasteiger partial charge in [0.1, 0.15) is 9.07 Å². The van der Waals surface area contributed by atoms with Crippen molar-refractivity contribution >= 4 is 34.5 Å². The van der Waals surface area contributed by atoms with E-state index >= 15 is 0 Å². The van der Waals surface area contributed by atoms with Crippen LogP contribution >= 0.6 is 24.0 Å². The lowest BCUT2D eigenvalue weighted by atomic mass is 10.1. The first-order chi connectivity index (χ1) is 11.3. The highest BCUT2D eigenvalue weighted by atomic mass is 32.2. The molecule has 1 atom stereocenters. The van der Waals surface area contributed by atoms with Crippen LogP contribution in [-0.4, -0.2) is 51.9 Å². The van der Waals surface area contributed by atoms with Crippen LogP contribution in [0.2, 0.25) is 0 Å². The molecule has 0 N–H and O–H groups in total. The monoisotopic (exact) mass is 368 g/mol. The third-order valence-corrected chi connectivity index (χ3v) is 5.52. The number of hydroxylamine groups is 1. The smallest absolute Gasteiger partial charge is 0.254 e. The van der Waals surface area contributed by atoms with Gasteiger partial charge in [-0.3, -0.25) is 4.90 Å². The molecular weight excluding hydrogens is 344 g/mol. The topological polar surface area (TPSA) is 47.8 Å². The van der Waals surface area contributed by atoms with Gasteiger partial charge in [-0.05, 0) is 38.5 Å². The van der Waals surface area contributed by atoms with E-state index in [0.717, 1.165) is 27.6 Å². The molecule has 0 bridgehead atoms. The molecule has 1 saturated heterocycles. The van der Waals surface area contributed by atoms with Crippen LogP contribution in [0, 0.1) is 5.21 Å². The SMILES string of the molecule is CCCN1C(=S)SC(C)(C)C1[N+]([O-])=Cc1ccc(OC)c(OC)c1. The Morgan fingerprint density at radius 1 is 1.33 bits per heavy atom. The Kier molecular flexibility index (Phi) is 5.98. The molecule has 0 saturated carbocycles. The molecule has 0 spiro atoms. The molecule has 1 heterocycles.